The highest BCUT2D eigenvalue weighted by Crippen LogP contribution is 2.43. The van der Waals surface area contributed by atoms with Gasteiger partial charge in [0, 0.05) is 16.1 Å². The Labute approximate surface area is 114 Å². The zero-order chi connectivity index (χ0) is 14.2. The SMILES string of the molecule is COc1c(-c2cc(N)n[nH]2)cc(Br)cc1C(F)(F)F. The second-order valence-corrected chi connectivity index (χ2v) is 4.65. The van der Waals surface area contributed by atoms with Crippen LogP contribution in [0, 0.1) is 0 Å². The number of aromatic nitrogens is 2. The fourth-order valence-corrected chi connectivity index (χ4v) is 2.16. The van der Waals surface area contributed by atoms with Crippen molar-refractivity contribution in [3.05, 3.63) is 28.2 Å². The predicted molar refractivity (Wildman–Crippen MR) is 67.7 cm³/mol. The number of alkyl halides is 3. The van der Waals surface area contributed by atoms with Crippen LogP contribution in [0.5, 0.6) is 5.75 Å². The summed E-state index contributed by atoms with van der Waals surface area (Å²) < 4.78 is 44.1. The third-order valence-corrected chi connectivity index (χ3v) is 2.91. The highest BCUT2D eigenvalue weighted by Gasteiger charge is 2.36. The summed E-state index contributed by atoms with van der Waals surface area (Å²) in [4.78, 5) is 0. The third kappa shape index (κ3) is 2.67. The zero-order valence-corrected chi connectivity index (χ0v) is 11.3. The Balaban J connectivity index is 2.70. The van der Waals surface area contributed by atoms with E-state index in [9.17, 15) is 13.2 Å². The normalized spacial score (nSPS) is 11.6. The van der Waals surface area contributed by atoms with Crippen LogP contribution in [0.15, 0.2) is 22.7 Å². The molecule has 1 aromatic heterocycles. The van der Waals surface area contributed by atoms with Crippen LogP contribution in [-0.4, -0.2) is 17.3 Å². The number of aromatic amines is 1. The van der Waals surface area contributed by atoms with Crippen LogP contribution < -0.4 is 10.5 Å². The lowest BCUT2D eigenvalue weighted by molar-refractivity contribution is -0.138. The van der Waals surface area contributed by atoms with E-state index in [0.29, 0.717) is 5.69 Å². The van der Waals surface area contributed by atoms with Gasteiger partial charge in [-0.05, 0) is 12.1 Å². The molecular weight excluding hydrogens is 327 g/mol. The van der Waals surface area contributed by atoms with Crippen molar-refractivity contribution < 1.29 is 17.9 Å². The molecule has 0 aliphatic rings. The van der Waals surface area contributed by atoms with Crippen molar-refractivity contribution in [2.75, 3.05) is 12.8 Å². The van der Waals surface area contributed by atoms with Gasteiger partial charge in [0.15, 0.2) is 0 Å². The van der Waals surface area contributed by atoms with Gasteiger partial charge in [0.25, 0.3) is 0 Å². The number of methoxy groups -OCH3 is 1. The number of ether oxygens (including phenoxy) is 1. The van der Waals surface area contributed by atoms with Gasteiger partial charge < -0.3 is 10.5 Å². The molecule has 3 N–H and O–H groups in total. The summed E-state index contributed by atoms with van der Waals surface area (Å²) in [6.07, 6.45) is -4.52. The van der Waals surface area contributed by atoms with E-state index in [1.54, 1.807) is 0 Å². The van der Waals surface area contributed by atoms with Crippen molar-refractivity contribution in [3.63, 3.8) is 0 Å². The molecule has 1 heterocycles. The van der Waals surface area contributed by atoms with E-state index in [1.165, 1.54) is 19.2 Å². The zero-order valence-electron chi connectivity index (χ0n) is 9.68. The number of hydrogen-bond acceptors (Lipinski definition) is 3. The highest BCUT2D eigenvalue weighted by molar-refractivity contribution is 9.10. The van der Waals surface area contributed by atoms with Gasteiger partial charge in [-0.15, -0.1) is 0 Å². The van der Waals surface area contributed by atoms with Crippen LogP contribution in [0.1, 0.15) is 5.56 Å². The van der Waals surface area contributed by atoms with Crippen LogP contribution in [0.3, 0.4) is 0 Å². The quantitative estimate of drug-likeness (QED) is 0.883. The summed E-state index contributed by atoms with van der Waals surface area (Å²) >= 11 is 3.05. The molecule has 0 amide bonds. The lowest BCUT2D eigenvalue weighted by Crippen LogP contribution is -2.08. The maximum Gasteiger partial charge on any atom is 0.420 e. The van der Waals surface area contributed by atoms with E-state index in [4.69, 9.17) is 10.5 Å². The number of anilines is 1. The fourth-order valence-electron chi connectivity index (χ4n) is 1.70. The lowest BCUT2D eigenvalue weighted by atomic mass is 10.1. The smallest absolute Gasteiger partial charge is 0.420 e. The molecule has 0 fully saturated rings. The Kier molecular flexibility index (Phi) is 3.44. The average molecular weight is 336 g/mol. The standard InChI is InChI=1S/C11H9BrF3N3O/c1-19-10-6(8-4-9(16)18-17-8)2-5(12)3-7(10)11(13,14)15/h2-4H,1H3,(H3,16,17,18). The number of nitrogen functional groups attached to an aromatic ring is 1. The van der Waals surface area contributed by atoms with Gasteiger partial charge in [0.2, 0.25) is 0 Å². The van der Waals surface area contributed by atoms with Crippen LogP contribution in [0.4, 0.5) is 19.0 Å². The summed E-state index contributed by atoms with van der Waals surface area (Å²) in [5.74, 6) is -0.0927. The van der Waals surface area contributed by atoms with E-state index in [1.807, 2.05) is 0 Å². The number of halogens is 4. The minimum atomic E-state index is -4.52. The molecule has 0 bridgehead atoms. The molecule has 102 valence electrons. The monoisotopic (exact) mass is 335 g/mol. The van der Waals surface area contributed by atoms with Crippen molar-refractivity contribution >= 4 is 21.7 Å². The molecule has 0 aliphatic carbocycles. The van der Waals surface area contributed by atoms with Crippen molar-refractivity contribution in [2.45, 2.75) is 6.18 Å². The Morgan fingerprint density at radius 1 is 1.32 bits per heavy atom. The molecular formula is C11H9BrF3N3O. The molecule has 0 spiro atoms. The Hall–Kier alpha value is -1.70. The molecule has 8 heteroatoms. The maximum atomic E-state index is 13.0. The Morgan fingerprint density at radius 2 is 2.00 bits per heavy atom. The van der Waals surface area contributed by atoms with E-state index in [-0.39, 0.29) is 21.6 Å². The lowest BCUT2D eigenvalue weighted by Gasteiger charge is -2.15. The highest BCUT2D eigenvalue weighted by atomic mass is 79.9. The first kappa shape index (κ1) is 13.7. The molecule has 2 aromatic rings. The molecule has 19 heavy (non-hydrogen) atoms. The van der Waals surface area contributed by atoms with E-state index >= 15 is 0 Å². The van der Waals surface area contributed by atoms with Gasteiger partial charge in [0.05, 0.1) is 18.4 Å². The summed E-state index contributed by atoms with van der Waals surface area (Å²) in [6, 6.07) is 3.90. The van der Waals surface area contributed by atoms with Gasteiger partial charge in [0.1, 0.15) is 11.6 Å². The molecule has 0 saturated carbocycles. The van der Waals surface area contributed by atoms with Crippen LogP contribution >= 0.6 is 15.9 Å². The molecule has 4 nitrogen and oxygen atoms in total. The number of rotatable bonds is 2. The van der Waals surface area contributed by atoms with Crippen molar-refractivity contribution in [1.29, 1.82) is 0 Å². The van der Waals surface area contributed by atoms with E-state index in [0.717, 1.165) is 6.07 Å². The van der Waals surface area contributed by atoms with Crippen molar-refractivity contribution in [2.24, 2.45) is 0 Å². The average Bonchev–Trinajstić information content (AvgIpc) is 2.73. The molecule has 0 atom stereocenters. The van der Waals surface area contributed by atoms with Crippen LogP contribution in [0.25, 0.3) is 11.3 Å². The number of nitrogens with one attached hydrogen (secondary N) is 1. The second kappa shape index (κ2) is 4.76. The number of hydrogen-bond donors (Lipinski definition) is 2. The molecule has 0 radical (unpaired) electrons. The van der Waals surface area contributed by atoms with Gasteiger partial charge in [-0.1, -0.05) is 15.9 Å². The van der Waals surface area contributed by atoms with Crippen molar-refractivity contribution in [3.8, 4) is 17.0 Å². The van der Waals surface area contributed by atoms with Gasteiger partial charge in [-0.3, -0.25) is 5.10 Å². The van der Waals surface area contributed by atoms with Gasteiger partial charge in [-0.2, -0.15) is 18.3 Å². The number of nitrogens with two attached hydrogens (primary N) is 1. The molecule has 0 saturated heterocycles. The Morgan fingerprint density at radius 3 is 2.47 bits per heavy atom. The van der Waals surface area contributed by atoms with E-state index < -0.39 is 11.7 Å². The minimum Gasteiger partial charge on any atom is -0.495 e. The second-order valence-electron chi connectivity index (χ2n) is 3.74. The first-order valence-electron chi connectivity index (χ1n) is 5.09. The fraction of sp³-hybridized carbons (Fsp3) is 0.182. The molecule has 2 rings (SSSR count). The molecule has 0 aliphatic heterocycles. The number of benzene rings is 1. The van der Waals surface area contributed by atoms with Gasteiger partial charge in [-0.25, -0.2) is 0 Å². The maximum absolute atomic E-state index is 13.0. The van der Waals surface area contributed by atoms with Crippen molar-refractivity contribution in [1.82, 2.24) is 10.2 Å². The largest absolute Gasteiger partial charge is 0.495 e. The topological polar surface area (TPSA) is 63.9 Å². The molecule has 0 unspecified atom stereocenters. The number of H-pyrrole nitrogens is 1. The van der Waals surface area contributed by atoms with Gasteiger partial charge >= 0.3 is 6.18 Å². The first-order chi connectivity index (χ1) is 8.82. The third-order valence-electron chi connectivity index (χ3n) is 2.45. The summed E-state index contributed by atoms with van der Waals surface area (Å²) in [7, 11) is 1.18. The first-order valence-corrected chi connectivity index (χ1v) is 5.88. The van der Waals surface area contributed by atoms with E-state index in [2.05, 4.69) is 26.1 Å². The summed E-state index contributed by atoms with van der Waals surface area (Å²) in [6.45, 7) is 0. The summed E-state index contributed by atoms with van der Waals surface area (Å²) in [5, 5.41) is 6.25. The Bertz CT molecular complexity index is 610. The molecule has 1 aromatic carbocycles. The minimum absolute atomic E-state index is 0.186. The predicted octanol–water partition coefficient (Wildman–Crippen LogP) is 3.45. The van der Waals surface area contributed by atoms with Crippen LogP contribution in [-0.2, 0) is 6.18 Å². The van der Waals surface area contributed by atoms with Crippen LogP contribution in [0.2, 0.25) is 0 Å². The summed E-state index contributed by atoms with van der Waals surface area (Å²) in [5.41, 5.74) is 5.16. The number of nitrogens with zero attached hydrogens (tertiary/aromatic N) is 1.